The summed E-state index contributed by atoms with van der Waals surface area (Å²) >= 11 is 9.11. The molecule has 0 fully saturated rings. The highest BCUT2D eigenvalue weighted by atomic mass is 79.9. The van der Waals surface area contributed by atoms with Crippen molar-refractivity contribution in [2.75, 3.05) is 7.11 Å². The first-order valence-electron chi connectivity index (χ1n) is 5.47. The van der Waals surface area contributed by atoms with Gasteiger partial charge in [0, 0.05) is 6.20 Å². The van der Waals surface area contributed by atoms with Gasteiger partial charge in [0.1, 0.15) is 11.6 Å². The molecule has 0 aliphatic carbocycles. The Morgan fingerprint density at radius 2 is 2.05 bits per heavy atom. The Labute approximate surface area is 130 Å². The summed E-state index contributed by atoms with van der Waals surface area (Å²) in [6.45, 7) is 0. The van der Waals surface area contributed by atoms with E-state index in [1.165, 1.54) is 25.4 Å². The quantitative estimate of drug-likeness (QED) is 0.819. The van der Waals surface area contributed by atoms with E-state index in [1.807, 2.05) is 0 Å². The maximum atomic E-state index is 12.3. The molecule has 2 rings (SSSR count). The zero-order valence-corrected chi connectivity index (χ0v) is 13.5. The SMILES string of the molecule is COc1nc(CS(=O)(=O)c2ccccc2Cl)ncc1Br. The van der Waals surface area contributed by atoms with E-state index in [0.29, 0.717) is 4.47 Å². The second-order valence-corrected chi connectivity index (χ2v) is 7.05. The van der Waals surface area contributed by atoms with Crippen molar-refractivity contribution in [3.63, 3.8) is 0 Å². The topological polar surface area (TPSA) is 69.2 Å². The van der Waals surface area contributed by atoms with Gasteiger partial charge in [0.05, 0.1) is 21.5 Å². The molecule has 106 valence electrons. The number of rotatable bonds is 4. The van der Waals surface area contributed by atoms with Crippen LogP contribution >= 0.6 is 27.5 Å². The molecule has 0 radical (unpaired) electrons. The Hall–Kier alpha value is -1.18. The van der Waals surface area contributed by atoms with Crippen LogP contribution in [-0.2, 0) is 15.6 Å². The van der Waals surface area contributed by atoms with Crippen LogP contribution in [0.5, 0.6) is 5.88 Å². The standard InChI is InChI=1S/C12H10BrClN2O3S/c1-19-12-8(13)6-15-11(16-12)7-20(17,18)10-5-3-2-4-9(10)14/h2-6H,7H2,1H3. The van der Waals surface area contributed by atoms with Crippen LogP contribution in [0.2, 0.25) is 5.02 Å². The monoisotopic (exact) mass is 376 g/mol. The number of sulfone groups is 1. The van der Waals surface area contributed by atoms with Crippen LogP contribution in [-0.4, -0.2) is 25.5 Å². The maximum absolute atomic E-state index is 12.3. The number of nitrogens with zero attached hydrogens (tertiary/aromatic N) is 2. The number of hydrogen-bond donors (Lipinski definition) is 0. The number of hydrogen-bond acceptors (Lipinski definition) is 5. The molecule has 0 N–H and O–H groups in total. The van der Waals surface area contributed by atoms with Gasteiger partial charge in [-0.25, -0.2) is 13.4 Å². The average molecular weight is 378 g/mol. The number of benzene rings is 1. The van der Waals surface area contributed by atoms with Crippen molar-refractivity contribution in [1.82, 2.24) is 9.97 Å². The molecular formula is C12H10BrClN2O3S. The first-order chi connectivity index (χ1) is 9.44. The Balaban J connectivity index is 2.36. The third-order valence-corrected chi connectivity index (χ3v) is 5.10. The minimum absolute atomic E-state index is 0.0622. The minimum Gasteiger partial charge on any atom is -0.480 e. The smallest absolute Gasteiger partial charge is 0.231 e. The molecular weight excluding hydrogens is 368 g/mol. The Bertz CT molecular complexity index is 737. The number of methoxy groups -OCH3 is 1. The van der Waals surface area contributed by atoms with Gasteiger partial charge >= 0.3 is 0 Å². The lowest BCUT2D eigenvalue weighted by atomic mass is 10.4. The molecule has 0 unspecified atom stereocenters. The molecule has 1 aromatic heterocycles. The van der Waals surface area contributed by atoms with Gasteiger partial charge < -0.3 is 4.74 Å². The molecule has 1 aromatic carbocycles. The molecule has 1 heterocycles. The fraction of sp³-hybridized carbons (Fsp3) is 0.167. The Morgan fingerprint density at radius 1 is 1.35 bits per heavy atom. The Kier molecular flexibility index (Phi) is 4.62. The molecule has 0 amide bonds. The molecule has 2 aromatic rings. The van der Waals surface area contributed by atoms with E-state index in [0.717, 1.165) is 0 Å². The number of aromatic nitrogens is 2. The van der Waals surface area contributed by atoms with Gasteiger partial charge in [0.15, 0.2) is 9.84 Å². The highest BCUT2D eigenvalue weighted by Crippen LogP contribution is 2.25. The van der Waals surface area contributed by atoms with Gasteiger partial charge in [-0.3, -0.25) is 0 Å². The Morgan fingerprint density at radius 3 is 2.70 bits per heavy atom. The zero-order valence-electron chi connectivity index (χ0n) is 10.4. The largest absolute Gasteiger partial charge is 0.480 e. The van der Waals surface area contributed by atoms with Crippen molar-refractivity contribution < 1.29 is 13.2 Å². The second kappa shape index (κ2) is 6.07. The van der Waals surface area contributed by atoms with Crippen LogP contribution in [0.3, 0.4) is 0 Å². The zero-order chi connectivity index (χ0) is 14.8. The van der Waals surface area contributed by atoms with Crippen LogP contribution in [0, 0.1) is 0 Å². The summed E-state index contributed by atoms with van der Waals surface area (Å²) in [6.07, 6.45) is 1.45. The first-order valence-corrected chi connectivity index (χ1v) is 8.29. The summed E-state index contributed by atoms with van der Waals surface area (Å²) in [5, 5.41) is 0.177. The van der Waals surface area contributed by atoms with Gasteiger partial charge in [0.2, 0.25) is 5.88 Å². The normalized spacial score (nSPS) is 11.3. The summed E-state index contributed by atoms with van der Waals surface area (Å²) in [5.74, 6) is 0.0785. The van der Waals surface area contributed by atoms with Gasteiger partial charge in [-0.1, -0.05) is 23.7 Å². The van der Waals surface area contributed by atoms with Gasteiger partial charge in [-0.2, -0.15) is 4.98 Å². The van der Waals surface area contributed by atoms with E-state index < -0.39 is 9.84 Å². The van der Waals surface area contributed by atoms with Crippen LogP contribution in [0.25, 0.3) is 0 Å². The molecule has 0 aliphatic heterocycles. The van der Waals surface area contributed by atoms with Crippen molar-refractivity contribution in [3.05, 3.63) is 45.8 Å². The molecule has 0 saturated carbocycles. The molecule has 0 aliphatic rings. The number of halogens is 2. The third-order valence-electron chi connectivity index (χ3n) is 2.45. The second-order valence-electron chi connectivity index (χ2n) is 3.83. The van der Waals surface area contributed by atoms with Crippen molar-refractivity contribution >= 4 is 37.4 Å². The van der Waals surface area contributed by atoms with Crippen molar-refractivity contribution in [2.45, 2.75) is 10.6 Å². The highest BCUT2D eigenvalue weighted by Gasteiger charge is 2.20. The highest BCUT2D eigenvalue weighted by molar-refractivity contribution is 9.10. The molecule has 0 saturated heterocycles. The summed E-state index contributed by atoms with van der Waals surface area (Å²) in [5.41, 5.74) is 0. The van der Waals surface area contributed by atoms with E-state index in [4.69, 9.17) is 16.3 Å². The minimum atomic E-state index is -3.61. The maximum Gasteiger partial charge on any atom is 0.231 e. The van der Waals surface area contributed by atoms with Gasteiger partial charge in [-0.15, -0.1) is 0 Å². The van der Waals surface area contributed by atoms with Crippen LogP contribution in [0.4, 0.5) is 0 Å². The van der Waals surface area contributed by atoms with Gasteiger partial charge in [0.25, 0.3) is 0 Å². The average Bonchev–Trinajstić information content (AvgIpc) is 2.41. The lowest BCUT2D eigenvalue weighted by Gasteiger charge is -2.07. The van der Waals surface area contributed by atoms with Crippen molar-refractivity contribution in [2.24, 2.45) is 0 Å². The predicted molar refractivity (Wildman–Crippen MR) is 78.6 cm³/mol. The van der Waals surface area contributed by atoms with Crippen LogP contribution < -0.4 is 4.74 Å². The lowest BCUT2D eigenvalue weighted by Crippen LogP contribution is -2.09. The van der Waals surface area contributed by atoms with E-state index in [2.05, 4.69) is 25.9 Å². The lowest BCUT2D eigenvalue weighted by molar-refractivity contribution is 0.392. The van der Waals surface area contributed by atoms with Crippen LogP contribution in [0.1, 0.15) is 5.82 Å². The van der Waals surface area contributed by atoms with Crippen molar-refractivity contribution in [1.29, 1.82) is 0 Å². The fourth-order valence-electron chi connectivity index (χ4n) is 1.54. The molecule has 5 nitrogen and oxygen atoms in total. The van der Waals surface area contributed by atoms with Gasteiger partial charge in [-0.05, 0) is 28.1 Å². The molecule has 8 heteroatoms. The van der Waals surface area contributed by atoms with E-state index in [-0.39, 0.29) is 27.4 Å². The number of ether oxygens (including phenoxy) is 1. The third kappa shape index (κ3) is 3.28. The fourth-order valence-corrected chi connectivity index (χ4v) is 3.67. The first kappa shape index (κ1) is 15.2. The summed E-state index contributed by atoms with van der Waals surface area (Å²) in [4.78, 5) is 8.06. The van der Waals surface area contributed by atoms with Crippen LogP contribution in [0.15, 0.2) is 39.8 Å². The molecule has 0 atom stereocenters. The summed E-state index contributed by atoms with van der Waals surface area (Å²) < 4.78 is 30.1. The van der Waals surface area contributed by atoms with E-state index in [9.17, 15) is 8.42 Å². The predicted octanol–water partition coefficient (Wildman–Crippen LogP) is 2.88. The van der Waals surface area contributed by atoms with E-state index >= 15 is 0 Å². The van der Waals surface area contributed by atoms with Crippen molar-refractivity contribution in [3.8, 4) is 5.88 Å². The molecule has 20 heavy (non-hydrogen) atoms. The van der Waals surface area contributed by atoms with E-state index in [1.54, 1.807) is 12.1 Å². The molecule has 0 spiro atoms. The molecule has 0 bridgehead atoms. The summed E-state index contributed by atoms with van der Waals surface area (Å²) in [6, 6.07) is 6.26. The summed E-state index contributed by atoms with van der Waals surface area (Å²) in [7, 11) is -2.17.